The van der Waals surface area contributed by atoms with Crippen LogP contribution in [0, 0.1) is 18.2 Å². The first-order valence-corrected chi connectivity index (χ1v) is 8.59. The van der Waals surface area contributed by atoms with E-state index < -0.39 is 42.9 Å². The van der Waals surface area contributed by atoms with Crippen molar-refractivity contribution in [2.45, 2.75) is 36.9 Å². The fourth-order valence-electron chi connectivity index (χ4n) is 3.22. The van der Waals surface area contributed by atoms with E-state index in [-0.39, 0.29) is 0 Å². The zero-order valence-electron chi connectivity index (χ0n) is 14.5. The highest BCUT2D eigenvalue weighted by Crippen LogP contribution is 2.33. The van der Waals surface area contributed by atoms with Crippen LogP contribution >= 0.6 is 0 Å². The van der Waals surface area contributed by atoms with E-state index in [0.717, 1.165) is 11.1 Å². The van der Waals surface area contributed by atoms with Crippen molar-refractivity contribution in [2.75, 3.05) is 6.61 Å². The molecule has 27 heavy (non-hydrogen) atoms. The molecule has 2 aromatic carbocycles. The largest absolute Gasteiger partial charge is 0.394 e. The Hall–Kier alpha value is -2.27. The van der Waals surface area contributed by atoms with Crippen molar-refractivity contribution in [3.8, 4) is 12.3 Å². The zero-order valence-corrected chi connectivity index (χ0v) is 14.5. The first-order valence-electron chi connectivity index (χ1n) is 8.59. The highest BCUT2D eigenvalue weighted by molar-refractivity contribution is 5.37. The Morgan fingerprint density at radius 3 is 2.33 bits per heavy atom. The summed E-state index contributed by atoms with van der Waals surface area (Å²) in [7, 11) is 0. The van der Waals surface area contributed by atoms with Crippen LogP contribution in [0.5, 0.6) is 0 Å². The lowest BCUT2D eigenvalue weighted by Gasteiger charge is -2.40. The maximum absolute atomic E-state index is 14.3. The maximum atomic E-state index is 14.3. The van der Waals surface area contributed by atoms with E-state index in [1.54, 1.807) is 18.2 Å². The Bertz CT molecular complexity index is 827. The number of halogens is 1. The molecule has 142 valence electrons. The highest BCUT2D eigenvalue weighted by Gasteiger charge is 2.44. The summed E-state index contributed by atoms with van der Waals surface area (Å²) in [6.45, 7) is -0.517. The van der Waals surface area contributed by atoms with E-state index in [2.05, 4.69) is 5.92 Å². The summed E-state index contributed by atoms with van der Waals surface area (Å²) in [6, 6.07) is 11.4. The second kappa shape index (κ2) is 8.17. The number of ether oxygens (including phenoxy) is 1. The molecule has 3 rings (SSSR count). The Morgan fingerprint density at radius 1 is 1.00 bits per heavy atom. The van der Waals surface area contributed by atoms with Gasteiger partial charge in [0.15, 0.2) is 0 Å². The van der Waals surface area contributed by atoms with Gasteiger partial charge in [0, 0.05) is 12.0 Å². The van der Waals surface area contributed by atoms with Crippen molar-refractivity contribution in [1.29, 1.82) is 0 Å². The summed E-state index contributed by atoms with van der Waals surface area (Å²) in [4.78, 5) is 0. The molecule has 0 bridgehead atoms. The van der Waals surface area contributed by atoms with Crippen LogP contribution in [0.3, 0.4) is 0 Å². The van der Waals surface area contributed by atoms with Crippen LogP contribution in [0.25, 0.3) is 0 Å². The minimum absolute atomic E-state index is 0.307. The molecule has 0 spiro atoms. The van der Waals surface area contributed by atoms with E-state index in [9.17, 15) is 24.8 Å². The van der Waals surface area contributed by atoms with Crippen molar-refractivity contribution >= 4 is 0 Å². The van der Waals surface area contributed by atoms with Crippen molar-refractivity contribution in [3.05, 3.63) is 70.5 Å². The standard InChI is InChI=1S/C21H21FO5/c1-2-12-3-5-13(6-4-12)9-15-10-14(7-8-16(15)22)21-20(26)19(25)18(24)17(11-23)27-21/h1,3-8,10,17-21,23-26H,9,11H2/t17-,18-,19+,20-,21?/m1/s1. The summed E-state index contributed by atoms with van der Waals surface area (Å²) in [5, 5.41) is 39.4. The first-order chi connectivity index (χ1) is 12.9. The van der Waals surface area contributed by atoms with E-state index in [1.165, 1.54) is 12.1 Å². The summed E-state index contributed by atoms with van der Waals surface area (Å²) < 4.78 is 19.8. The van der Waals surface area contributed by atoms with Crippen molar-refractivity contribution in [2.24, 2.45) is 0 Å². The molecule has 1 heterocycles. The molecule has 1 saturated heterocycles. The van der Waals surface area contributed by atoms with Gasteiger partial charge < -0.3 is 25.2 Å². The monoisotopic (exact) mass is 372 g/mol. The topological polar surface area (TPSA) is 90.2 Å². The minimum atomic E-state index is -1.48. The summed E-state index contributed by atoms with van der Waals surface area (Å²) in [5.41, 5.74) is 2.43. The van der Waals surface area contributed by atoms with Gasteiger partial charge in [0.05, 0.1) is 6.61 Å². The van der Waals surface area contributed by atoms with Gasteiger partial charge in [0.1, 0.15) is 36.3 Å². The predicted octanol–water partition coefficient (Wildman–Crippen LogP) is 0.913. The third-order valence-corrected chi connectivity index (χ3v) is 4.81. The second-order valence-corrected chi connectivity index (χ2v) is 6.62. The molecule has 0 aromatic heterocycles. The van der Waals surface area contributed by atoms with Gasteiger partial charge in [-0.1, -0.05) is 24.1 Å². The van der Waals surface area contributed by atoms with Gasteiger partial charge >= 0.3 is 0 Å². The molecule has 0 radical (unpaired) electrons. The number of rotatable bonds is 4. The molecule has 0 amide bonds. The maximum Gasteiger partial charge on any atom is 0.126 e. The number of aliphatic hydroxyl groups excluding tert-OH is 4. The van der Waals surface area contributed by atoms with Gasteiger partial charge in [-0.15, -0.1) is 6.42 Å². The fourth-order valence-corrected chi connectivity index (χ4v) is 3.22. The number of benzene rings is 2. The quantitative estimate of drug-likeness (QED) is 0.599. The number of hydrogen-bond donors (Lipinski definition) is 4. The molecular weight excluding hydrogens is 351 g/mol. The molecule has 6 heteroatoms. The lowest BCUT2D eigenvalue weighted by atomic mass is 9.90. The molecule has 4 N–H and O–H groups in total. The first kappa shape index (κ1) is 19.5. The highest BCUT2D eigenvalue weighted by atomic mass is 19.1. The van der Waals surface area contributed by atoms with Crippen LogP contribution in [0.2, 0.25) is 0 Å². The van der Waals surface area contributed by atoms with Gasteiger partial charge in [0.25, 0.3) is 0 Å². The normalized spacial score (nSPS) is 27.9. The third-order valence-electron chi connectivity index (χ3n) is 4.81. The molecule has 5 atom stereocenters. The third kappa shape index (κ3) is 4.03. The molecule has 5 nitrogen and oxygen atoms in total. The molecular formula is C21H21FO5. The fraction of sp³-hybridized carbons (Fsp3) is 0.333. The minimum Gasteiger partial charge on any atom is -0.394 e. The Kier molecular flexibility index (Phi) is 5.90. The van der Waals surface area contributed by atoms with Crippen LogP contribution < -0.4 is 0 Å². The summed E-state index contributed by atoms with van der Waals surface area (Å²) in [6.07, 6.45) is -0.694. The van der Waals surface area contributed by atoms with Crippen molar-refractivity contribution in [1.82, 2.24) is 0 Å². The van der Waals surface area contributed by atoms with Gasteiger partial charge in [-0.05, 0) is 41.0 Å². The van der Waals surface area contributed by atoms with Gasteiger partial charge in [0.2, 0.25) is 0 Å². The SMILES string of the molecule is C#Cc1ccc(Cc2cc(C3O[C@H](CO)[C@@H](O)[C@H](O)[C@H]3O)ccc2F)cc1. The number of terminal acetylenes is 1. The van der Waals surface area contributed by atoms with Crippen molar-refractivity contribution < 1.29 is 29.6 Å². The molecule has 1 aliphatic rings. The predicted molar refractivity (Wildman–Crippen MR) is 96.3 cm³/mol. The molecule has 1 aliphatic heterocycles. The van der Waals surface area contributed by atoms with E-state index in [4.69, 9.17) is 11.2 Å². The molecule has 1 unspecified atom stereocenters. The Balaban J connectivity index is 1.86. The zero-order chi connectivity index (χ0) is 19.6. The summed E-state index contributed by atoms with van der Waals surface area (Å²) >= 11 is 0. The van der Waals surface area contributed by atoms with E-state index >= 15 is 0 Å². The van der Waals surface area contributed by atoms with Crippen molar-refractivity contribution in [3.63, 3.8) is 0 Å². The smallest absolute Gasteiger partial charge is 0.126 e. The molecule has 2 aromatic rings. The lowest BCUT2D eigenvalue weighted by Crippen LogP contribution is -2.55. The van der Waals surface area contributed by atoms with Crippen LogP contribution in [0.1, 0.15) is 28.4 Å². The second-order valence-electron chi connectivity index (χ2n) is 6.62. The average Bonchev–Trinajstić information content (AvgIpc) is 2.69. The van der Waals surface area contributed by atoms with Gasteiger partial charge in [-0.2, -0.15) is 0 Å². The van der Waals surface area contributed by atoms with Gasteiger partial charge in [-0.3, -0.25) is 0 Å². The average molecular weight is 372 g/mol. The molecule has 0 aliphatic carbocycles. The van der Waals surface area contributed by atoms with Crippen LogP contribution in [0.15, 0.2) is 42.5 Å². The number of hydrogen-bond acceptors (Lipinski definition) is 5. The van der Waals surface area contributed by atoms with Crippen LogP contribution in [-0.2, 0) is 11.2 Å². The van der Waals surface area contributed by atoms with E-state index in [0.29, 0.717) is 17.5 Å². The Labute approximate surface area is 156 Å². The molecule has 0 saturated carbocycles. The number of aliphatic hydroxyl groups is 4. The van der Waals surface area contributed by atoms with Crippen LogP contribution in [-0.4, -0.2) is 51.4 Å². The van der Waals surface area contributed by atoms with E-state index in [1.807, 2.05) is 12.1 Å². The lowest BCUT2D eigenvalue weighted by molar-refractivity contribution is -0.231. The summed E-state index contributed by atoms with van der Waals surface area (Å²) in [5.74, 6) is 2.11. The van der Waals surface area contributed by atoms with Gasteiger partial charge in [-0.25, -0.2) is 4.39 Å². The Morgan fingerprint density at radius 2 is 1.70 bits per heavy atom. The van der Waals surface area contributed by atoms with Crippen LogP contribution in [0.4, 0.5) is 4.39 Å². The molecule has 1 fully saturated rings.